The summed E-state index contributed by atoms with van der Waals surface area (Å²) in [6.45, 7) is -0.0515. The molecule has 5 nitrogen and oxygen atoms in total. The Morgan fingerprint density at radius 3 is 2.94 bits per heavy atom. The van der Waals surface area contributed by atoms with E-state index in [4.69, 9.17) is 9.84 Å². The van der Waals surface area contributed by atoms with Crippen molar-refractivity contribution in [2.24, 2.45) is 0 Å². The Kier molecular flexibility index (Phi) is 4.72. The Bertz CT molecular complexity index is 430. The molecule has 0 aliphatic heterocycles. The van der Waals surface area contributed by atoms with Crippen molar-refractivity contribution in [2.75, 3.05) is 19.4 Å². The van der Waals surface area contributed by atoms with Gasteiger partial charge in [0.15, 0.2) is 0 Å². The molecule has 0 aliphatic rings. The smallest absolute Gasteiger partial charge is 0.214 e. The highest BCUT2D eigenvalue weighted by Crippen LogP contribution is 2.12. The molecule has 0 amide bonds. The van der Waals surface area contributed by atoms with Gasteiger partial charge in [0, 0.05) is 0 Å². The quantitative estimate of drug-likeness (QED) is 0.733. The first-order valence-corrected chi connectivity index (χ1v) is 6.38. The largest absolute Gasteiger partial charge is 0.492 e. The fourth-order valence-corrected chi connectivity index (χ4v) is 1.55. The lowest BCUT2D eigenvalue weighted by molar-refractivity contribution is 0.279. The van der Waals surface area contributed by atoms with E-state index in [-0.39, 0.29) is 19.0 Å². The fourth-order valence-electron chi connectivity index (χ4n) is 1.04. The van der Waals surface area contributed by atoms with Crippen LogP contribution < -0.4 is 9.46 Å². The van der Waals surface area contributed by atoms with E-state index in [0.29, 0.717) is 11.3 Å². The van der Waals surface area contributed by atoms with Crippen LogP contribution in [-0.4, -0.2) is 32.9 Å². The van der Waals surface area contributed by atoms with Gasteiger partial charge in [-0.25, -0.2) is 13.1 Å². The molecule has 0 spiro atoms. The van der Waals surface area contributed by atoms with Crippen LogP contribution >= 0.6 is 0 Å². The summed E-state index contributed by atoms with van der Waals surface area (Å²) in [7, 11) is -1.88. The highest BCUT2D eigenvalue weighted by molar-refractivity contribution is 7.89. The molecule has 0 bridgehead atoms. The number of aliphatic hydroxyl groups is 1. The fraction of sp³-hybridized carbons (Fsp3) is 0.400. The van der Waals surface area contributed by atoms with Gasteiger partial charge in [0.05, 0.1) is 12.4 Å². The van der Waals surface area contributed by atoms with Crippen molar-refractivity contribution in [3.8, 4) is 5.75 Å². The van der Waals surface area contributed by atoms with E-state index in [1.807, 2.05) is 0 Å². The minimum absolute atomic E-state index is 0.0675. The van der Waals surface area contributed by atoms with E-state index in [9.17, 15) is 8.42 Å². The zero-order valence-corrected chi connectivity index (χ0v) is 9.75. The molecule has 1 aromatic carbocycles. The molecule has 0 aliphatic carbocycles. The Morgan fingerprint density at radius 1 is 1.56 bits per heavy atom. The summed E-state index contributed by atoms with van der Waals surface area (Å²) >= 11 is 0. The summed E-state index contributed by atoms with van der Waals surface area (Å²) in [6, 6.07) is 7.71. The van der Waals surface area contributed by atoms with Crippen LogP contribution in [0.15, 0.2) is 18.2 Å². The second-order valence-electron chi connectivity index (χ2n) is 3.08. The molecule has 0 atom stereocenters. The number of nitrogens with one attached hydrogen (secondary N) is 1. The zero-order valence-electron chi connectivity index (χ0n) is 8.93. The highest BCUT2D eigenvalue weighted by atomic mass is 32.2. The van der Waals surface area contributed by atoms with Crippen LogP contribution in [0.2, 0.25) is 0 Å². The predicted octanol–water partition coefficient (Wildman–Crippen LogP) is -0.0929. The van der Waals surface area contributed by atoms with Crippen LogP contribution in [0.5, 0.6) is 5.75 Å². The molecule has 0 saturated heterocycles. The maximum absolute atomic E-state index is 11.1. The van der Waals surface area contributed by atoms with Gasteiger partial charge in [-0.1, -0.05) is 6.07 Å². The van der Waals surface area contributed by atoms with Crippen LogP contribution in [-0.2, 0) is 16.6 Å². The molecule has 2 N–H and O–H groups in total. The second-order valence-corrected chi connectivity index (χ2v) is 5.13. The summed E-state index contributed by atoms with van der Waals surface area (Å²) in [5, 5.41) is 8.86. The van der Waals surface area contributed by atoms with Gasteiger partial charge in [-0.3, -0.25) is 0 Å². The number of sulfonamides is 1. The molecular formula is C10H14NO4S. The Labute approximate surface area is 95.1 Å². The maximum atomic E-state index is 11.1. The van der Waals surface area contributed by atoms with Crippen molar-refractivity contribution in [1.29, 1.82) is 0 Å². The van der Waals surface area contributed by atoms with Gasteiger partial charge in [-0.2, -0.15) is 0 Å². The summed E-state index contributed by atoms with van der Waals surface area (Å²) in [5.41, 5.74) is 0.606. The van der Waals surface area contributed by atoms with Gasteiger partial charge in [-0.05, 0) is 30.8 Å². The molecule has 0 heterocycles. The first-order chi connectivity index (χ1) is 7.57. The number of hydrogen-bond acceptors (Lipinski definition) is 4. The van der Waals surface area contributed by atoms with Gasteiger partial charge in [-0.15, -0.1) is 0 Å². The number of hydrogen-bond donors (Lipinski definition) is 2. The Balaban J connectivity index is 2.49. The van der Waals surface area contributed by atoms with Gasteiger partial charge in [0.25, 0.3) is 0 Å². The van der Waals surface area contributed by atoms with Gasteiger partial charge in [0.1, 0.15) is 12.4 Å². The van der Waals surface area contributed by atoms with Crippen molar-refractivity contribution < 1.29 is 18.3 Å². The number of benzene rings is 1. The topological polar surface area (TPSA) is 75.6 Å². The lowest BCUT2D eigenvalue weighted by atomic mass is 10.2. The molecular weight excluding hydrogens is 230 g/mol. The van der Waals surface area contributed by atoms with E-state index in [0.717, 1.165) is 0 Å². The first-order valence-electron chi connectivity index (χ1n) is 4.73. The van der Waals surface area contributed by atoms with Crippen LogP contribution in [0, 0.1) is 6.07 Å². The van der Waals surface area contributed by atoms with E-state index in [1.165, 1.54) is 7.05 Å². The van der Waals surface area contributed by atoms with Crippen LogP contribution in [0.4, 0.5) is 0 Å². The van der Waals surface area contributed by atoms with Crippen molar-refractivity contribution >= 4 is 10.0 Å². The van der Waals surface area contributed by atoms with E-state index < -0.39 is 10.0 Å². The minimum Gasteiger partial charge on any atom is -0.492 e. The zero-order chi connectivity index (χ0) is 12.0. The second kappa shape index (κ2) is 5.83. The third kappa shape index (κ3) is 4.18. The normalized spacial score (nSPS) is 11.4. The summed E-state index contributed by atoms with van der Waals surface area (Å²) in [5.74, 6) is 0.422. The predicted molar refractivity (Wildman–Crippen MR) is 59.5 cm³/mol. The monoisotopic (exact) mass is 244 g/mol. The van der Waals surface area contributed by atoms with Gasteiger partial charge < -0.3 is 9.84 Å². The maximum Gasteiger partial charge on any atom is 0.214 e. The molecule has 0 unspecified atom stereocenters. The van der Waals surface area contributed by atoms with Crippen molar-refractivity contribution in [3.63, 3.8) is 0 Å². The third-order valence-electron chi connectivity index (χ3n) is 1.93. The summed E-state index contributed by atoms with van der Waals surface area (Å²) in [4.78, 5) is 0. The lowest BCUT2D eigenvalue weighted by Crippen LogP contribution is -2.25. The van der Waals surface area contributed by atoms with Crippen LogP contribution in [0.1, 0.15) is 5.56 Å². The average Bonchev–Trinajstić information content (AvgIpc) is 2.29. The van der Waals surface area contributed by atoms with Crippen molar-refractivity contribution in [3.05, 3.63) is 29.8 Å². The standard InChI is InChI=1S/C10H14NO4S/c1-11-16(13,14)6-5-15-10-4-2-3-9(7-10)8-12/h2,4,7,11-12H,5-6,8H2,1H3. The number of rotatable bonds is 6. The minimum atomic E-state index is -3.24. The van der Waals surface area contributed by atoms with Crippen molar-refractivity contribution in [2.45, 2.75) is 6.61 Å². The SMILES string of the molecule is CNS(=O)(=O)CCOc1cc[c]c(CO)c1. The van der Waals surface area contributed by atoms with Crippen LogP contribution in [0.3, 0.4) is 0 Å². The lowest BCUT2D eigenvalue weighted by Gasteiger charge is -2.07. The van der Waals surface area contributed by atoms with Crippen molar-refractivity contribution in [1.82, 2.24) is 4.72 Å². The molecule has 1 radical (unpaired) electrons. The molecule has 0 aromatic heterocycles. The van der Waals surface area contributed by atoms with Gasteiger partial charge in [0.2, 0.25) is 10.0 Å². The molecule has 1 rings (SSSR count). The molecule has 89 valence electrons. The molecule has 0 fully saturated rings. The number of ether oxygens (including phenoxy) is 1. The molecule has 0 saturated carbocycles. The third-order valence-corrected chi connectivity index (χ3v) is 3.26. The van der Waals surface area contributed by atoms with Crippen LogP contribution in [0.25, 0.3) is 0 Å². The molecule has 6 heteroatoms. The summed E-state index contributed by atoms with van der Waals surface area (Å²) < 4.78 is 29.6. The average molecular weight is 244 g/mol. The van der Waals surface area contributed by atoms with E-state index in [1.54, 1.807) is 18.2 Å². The van der Waals surface area contributed by atoms with E-state index >= 15 is 0 Å². The molecule has 16 heavy (non-hydrogen) atoms. The Hall–Kier alpha value is -1.11. The molecule has 1 aromatic rings. The van der Waals surface area contributed by atoms with E-state index in [2.05, 4.69) is 10.8 Å². The summed E-state index contributed by atoms with van der Waals surface area (Å²) in [6.07, 6.45) is 0. The van der Waals surface area contributed by atoms with Gasteiger partial charge >= 0.3 is 0 Å². The number of aliphatic hydroxyl groups excluding tert-OH is 1. The Morgan fingerprint density at radius 2 is 2.31 bits per heavy atom. The highest BCUT2D eigenvalue weighted by Gasteiger charge is 2.06. The first kappa shape index (κ1) is 13.0.